The van der Waals surface area contributed by atoms with E-state index in [0.29, 0.717) is 32.1 Å². The fraction of sp³-hybridized carbons (Fsp3) is 0.179. The summed E-state index contributed by atoms with van der Waals surface area (Å²) in [7, 11) is 3.11. The van der Waals surface area contributed by atoms with Crippen molar-refractivity contribution in [3.63, 3.8) is 0 Å². The second-order valence-electron chi connectivity index (χ2n) is 8.06. The lowest BCUT2D eigenvalue weighted by atomic mass is 9.93. The average molecular weight is 533 g/mol. The summed E-state index contributed by atoms with van der Waals surface area (Å²) in [6, 6.07) is 17.9. The van der Waals surface area contributed by atoms with E-state index in [9.17, 15) is 9.59 Å². The number of aromatic nitrogens is 1. The van der Waals surface area contributed by atoms with Crippen molar-refractivity contribution in [2.45, 2.75) is 13.0 Å². The van der Waals surface area contributed by atoms with Crippen LogP contribution < -0.4 is 24.4 Å². The van der Waals surface area contributed by atoms with E-state index in [-0.39, 0.29) is 17.7 Å². The van der Waals surface area contributed by atoms with E-state index in [2.05, 4.69) is 0 Å². The predicted octanol–water partition coefficient (Wildman–Crippen LogP) is 4.01. The number of ether oxygens (including phenoxy) is 3. The minimum Gasteiger partial charge on any atom is -0.493 e. The molecule has 3 heterocycles. The highest BCUT2D eigenvalue weighted by Crippen LogP contribution is 2.38. The monoisotopic (exact) mass is 532 g/mol. The van der Waals surface area contributed by atoms with Crippen LogP contribution in [0.4, 0.5) is 0 Å². The van der Waals surface area contributed by atoms with Gasteiger partial charge in [0, 0.05) is 10.4 Å². The topological polar surface area (TPSA) is 79.1 Å². The Labute approximate surface area is 221 Å². The Morgan fingerprint density at radius 3 is 2.51 bits per heavy atom. The van der Waals surface area contributed by atoms with Gasteiger partial charge >= 0.3 is 5.97 Å². The fourth-order valence-electron chi connectivity index (χ4n) is 4.28. The summed E-state index contributed by atoms with van der Waals surface area (Å²) in [6.07, 6.45) is 1.86. The zero-order chi connectivity index (χ0) is 25.9. The van der Waals surface area contributed by atoms with Crippen molar-refractivity contribution in [2.75, 3.05) is 20.8 Å². The number of esters is 1. The van der Waals surface area contributed by atoms with Crippen LogP contribution in [0.15, 0.2) is 81.4 Å². The average Bonchev–Trinajstić information content (AvgIpc) is 3.55. The molecule has 2 aromatic carbocycles. The van der Waals surface area contributed by atoms with Crippen LogP contribution in [-0.4, -0.2) is 31.4 Å². The van der Waals surface area contributed by atoms with Gasteiger partial charge in [-0.05, 0) is 42.1 Å². The van der Waals surface area contributed by atoms with Crippen molar-refractivity contribution in [2.24, 2.45) is 4.99 Å². The van der Waals surface area contributed by atoms with Crippen molar-refractivity contribution in [3.8, 4) is 11.5 Å². The first-order chi connectivity index (χ1) is 18.0. The highest BCUT2D eigenvalue weighted by atomic mass is 32.1. The molecular formula is C28H24N2O5S2. The van der Waals surface area contributed by atoms with Crippen molar-refractivity contribution < 1.29 is 19.0 Å². The lowest BCUT2D eigenvalue weighted by molar-refractivity contribution is -0.138. The Morgan fingerprint density at radius 2 is 1.84 bits per heavy atom. The molecule has 4 aromatic rings. The van der Waals surface area contributed by atoms with E-state index in [1.165, 1.54) is 11.3 Å². The van der Waals surface area contributed by atoms with Gasteiger partial charge < -0.3 is 14.2 Å². The summed E-state index contributed by atoms with van der Waals surface area (Å²) in [5, 5.41) is 1.96. The van der Waals surface area contributed by atoms with E-state index in [1.54, 1.807) is 49.2 Å². The lowest BCUT2D eigenvalue weighted by Crippen LogP contribution is -2.40. The molecule has 7 nitrogen and oxygen atoms in total. The molecule has 0 fully saturated rings. The number of fused-ring (bicyclic) bond motifs is 1. The van der Waals surface area contributed by atoms with E-state index in [1.807, 2.05) is 60.0 Å². The molecule has 0 bridgehead atoms. The summed E-state index contributed by atoms with van der Waals surface area (Å²) < 4.78 is 18.6. The second-order valence-corrected chi connectivity index (χ2v) is 10.0. The Morgan fingerprint density at radius 1 is 1.05 bits per heavy atom. The third-order valence-electron chi connectivity index (χ3n) is 5.91. The first-order valence-electron chi connectivity index (χ1n) is 11.6. The number of methoxy groups -OCH3 is 2. The molecule has 1 atom stereocenters. The number of carbonyl (C=O) groups is 1. The molecule has 0 unspecified atom stereocenters. The summed E-state index contributed by atoms with van der Waals surface area (Å²) in [5.74, 6) is 0.501. The zero-order valence-electron chi connectivity index (χ0n) is 20.5. The normalized spacial score (nSPS) is 15.2. The molecule has 0 aliphatic carbocycles. The van der Waals surface area contributed by atoms with E-state index in [0.717, 1.165) is 10.4 Å². The molecule has 0 amide bonds. The van der Waals surface area contributed by atoms with Crippen molar-refractivity contribution in [3.05, 3.63) is 107 Å². The molecule has 0 spiro atoms. The first kappa shape index (κ1) is 24.7. The molecule has 1 aliphatic heterocycles. The minimum absolute atomic E-state index is 0.186. The number of benzene rings is 2. The maximum Gasteiger partial charge on any atom is 0.338 e. The molecule has 9 heteroatoms. The van der Waals surface area contributed by atoms with E-state index >= 15 is 0 Å². The third kappa shape index (κ3) is 4.63. The molecule has 0 saturated heterocycles. The van der Waals surface area contributed by atoms with Gasteiger partial charge in [0.2, 0.25) is 0 Å². The fourth-order valence-corrected chi connectivity index (χ4v) is 6.01. The number of rotatable bonds is 7. The molecule has 0 saturated carbocycles. The number of thiazole rings is 1. The van der Waals surface area contributed by atoms with Crippen molar-refractivity contribution in [1.82, 2.24) is 4.57 Å². The molecule has 5 rings (SSSR count). The maximum absolute atomic E-state index is 13.8. The molecule has 0 N–H and O–H groups in total. The highest BCUT2D eigenvalue weighted by molar-refractivity contribution is 7.11. The maximum atomic E-state index is 13.8. The second kappa shape index (κ2) is 10.6. The smallest absolute Gasteiger partial charge is 0.338 e. The Bertz CT molecular complexity index is 1650. The minimum atomic E-state index is -0.782. The van der Waals surface area contributed by atoms with Gasteiger partial charge in [-0.1, -0.05) is 53.8 Å². The molecule has 2 aromatic heterocycles. The van der Waals surface area contributed by atoms with Crippen LogP contribution in [-0.2, 0) is 9.53 Å². The number of thiophene rings is 1. The number of nitrogens with zero attached hydrogens (tertiary/aromatic N) is 2. The molecule has 0 radical (unpaired) electrons. The van der Waals surface area contributed by atoms with Crippen LogP contribution in [0.5, 0.6) is 11.5 Å². The summed E-state index contributed by atoms with van der Waals surface area (Å²) >= 11 is 2.84. The van der Waals surface area contributed by atoms with E-state index in [4.69, 9.17) is 19.2 Å². The quantitative estimate of drug-likeness (QED) is 0.336. The van der Waals surface area contributed by atoms with Gasteiger partial charge in [0.05, 0.1) is 42.7 Å². The van der Waals surface area contributed by atoms with Gasteiger partial charge in [0.25, 0.3) is 5.56 Å². The zero-order valence-corrected chi connectivity index (χ0v) is 22.1. The SMILES string of the molecule is CCOC(=O)C1=C(c2ccccc2)N=c2s/c(=C\c3cccs3)c(=O)n2[C@H]1c1ccc(OC)c(OC)c1. The van der Waals surface area contributed by atoms with Gasteiger partial charge in [-0.15, -0.1) is 11.3 Å². The Balaban J connectivity index is 1.85. The van der Waals surface area contributed by atoms with Crippen molar-refractivity contribution in [1.29, 1.82) is 0 Å². The van der Waals surface area contributed by atoms with Crippen LogP contribution in [0.3, 0.4) is 0 Å². The van der Waals surface area contributed by atoms with Crippen LogP contribution >= 0.6 is 22.7 Å². The van der Waals surface area contributed by atoms with Gasteiger partial charge in [0.15, 0.2) is 16.3 Å². The number of hydrogen-bond donors (Lipinski definition) is 0. The Kier molecular flexibility index (Phi) is 7.07. The summed E-state index contributed by atoms with van der Waals surface area (Å²) in [4.78, 5) is 33.6. The molecule has 1 aliphatic rings. The molecular weight excluding hydrogens is 508 g/mol. The van der Waals surface area contributed by atoms with Gasteiger partial charge in [-0.3, -0.25) is 9.36 Å². The van der Waals surface area contributed by atoms with Crippen LogP contribution in [0.2, 0.25) is 0 Å². The van der Waals surface area contributed by atoms with Gasteiger partial charge in [0.1, 0.15) is 0 Å². The van der Waals surface area contributed by atoms with Crippen molar-refractivity contribution >= 4 is 40.4 Å². The van der Waals surface area contributed by atoms with Crippen LogP contribution in [0, 0.1) is 0 Å². The third-order valence-corrected chi connectivity index (χ3v) is 7.72. The first-order valence-corrected chi connectivity index (χ1v) is 13.3. The van der Waals surface area contributed by atoms with Gasteiger partial charge in [-0.2, -0.15) is 0 Å². The summed E-state index contributed by atoms with van der Waals surface area (Å²) in [5.41, 5.74) is 1.96. The number of carbonyl (C=O) groups excluding carboxylic acids is 1. The number of hydrogen-bond acceptors (Lipinski definition) is 8. The van der Waals surface area contributed by atoms with Gasteiger partial charge in [-0.25, -0.2) is 9.79 Å². The highest BCUT2D eigenvalue weighted by Gasteiger charge is 2.35. The standard InChI is InChI=1S/C28H24N2O5S2/c1-4-35-27(32)23-24(17-9-6-5-7-10-17)29-28-30(26(31)22(37-28)16-19-11-8-14-36-19)25(23)18-12-13-20(33-2)21(15-18)34-3/h5-16,25H,4H2,1-3H3/b22-16-/t25-/m0/s1. The molecule has 188 valence electrons. The molecule has 37 heavy (non-hydrogen) atoms. The van der Waals surface area contributed by atoms with Crippen LogP contribution in [0.25, 0.3) is 11.8 Å². The largest absolute Gasteiger partial charge is 0.493 e. The predicted molar refractivity (Wildman–Crippen MR) is 145 cm³/mol. The summed E-state index contributed by atoms with van der Waals surface area (Å²) in [6.45, 7) is 1.94. The Hall–Kier alpha value is -3.95. The lowest BCUT2D eigenvalue weighted by Gasteiger charge is -2.26. The van der Waals surface area contributed by atoms with Crippen LogP contribution in [0.1, 0.15) is 29.0 Å². The van der Waals surface area contributed by atoms with E-state index < -0.39 is 12.0 Å².